The predicted octanol–water partition coefficient (Wildman–Crippen LogP) is 2.71. The molecule has 0 saturated carbocycles. The number of Topliss-reactive ketones (excluding diaryl/α,β-unsaturated/α-hetero) is 1. The van der Waals surface area contributed by atoms with Crippen molar-refractivity contribution in [1.82, 2.24) is 4.98 Å². The van der Waals surface area contributed by atoms with E-state index in [-0.39, 0.29) is 11.7 Å². The second-order valence-corrected chi connectivity index (χ2v) is 3.61. The summed E-state index contributed by atoms with van der Waals surface area (Å²) in [5.74, 6) is 0.638. The average molecular weight is 207 g/mol. The Labute approximate surface area is 90.5 Å². The van der Waals surface area contributed by atoms with E-state index in [4.69, 9.17) is 4.74 Å². The highest BCUT2D eigenvalue weighted by molar-refractivity contribution is 5.98. The van der Waals surface area contributed by atoms with Gasteiger partial charge in [0, 0.05) is 12.1 Å². The van der Waals surface area contributed by atoms with E-state index < -0.39 is 0 Å². The maximum absolute atomic E-state index is 12.0. The van der Waals surface area contributed by atoms with Gasteiger partial charge in [-0.1, -0.05) is 20.3 Å². The summed E-state index contributed by atoms with van der Waals surface area (Å²) in [4.78, 5) is 16.1. The summed E-state index contributed by atoms with van der Waals surface area (Å²) in [6.07, 6.45) is 3.51. The van der Waals surface area contributed by atoms with E-state index in [1.165, 1.54) is 0 Å². The fraction of sp³-hybridized carbons (Fsp3) is 0.500. The minimum atomic E-state index is 0.0128. The number of nitrogens with zero attached hydrogens (tertiary/aromatic N) is 1. The molecular formula is C12H17NO2. The number of methoxy groups -OCH3 is 1. The van der Waals surface area contributed by atoms with Crippen LogP contribution in [0.3, 0.4) is 0 Å². The number of hydrogen-bond acceptors (Lipinski definition) is 3. The fourth-order valence-corrected chi connectivity index (χ4v) is 1.54. The van der Waals surface area contributed by atoms with Crippen molar-refractivity contribution < 1.29 is 9.53 Å². The maximum Gasteiger partial charge on any atom is 0.187 e. The maximum atomic E-state index is 12.0. The molecule has 0 aliphatic heterocycles. The van der Waals surface area contributed by atoms with Gasteiger partial charge in [-0.2, -0.15) is 0 Å². The van der Waals surface area contributed by atoms with E-state index in [0.717, 1.165) is 12.8 Å². The molecule has 3 nitrogen and oxygen atoms in total. The summed E-state index contributed by atoms with van der Waals surface area (Å²) in [7, 11) is 1.55. The third-order valence-corrected chi connectivity index (χ3v) is 2.39. The largest absolute Gasteiger partial charge is 0.494 e. The third kappa shape index (κ3) is 2.78. The van der Waals surface area contributed by atoms with E-state index in [9.17, 15) is 4.79 Å². The molecule has 0 aromatic carbocycles. The van der Waals surface area contributed by atoms with Crippen molar-refractivity contribution in [2.24, 2.45) is 5.92 Å². The number of ether oxygens (including phenoxy) is 1. The van der Waals surface area contributed by atoms with Crippen LogP contribution in [0.5, 0.6) is 5.75 Å². The Hall–Kier alpha value is -1.38. The van der Waals surface area contributed by atoms with E-state index in [0.29, 0.717) is 11.4 Å². The Kier molecular flexibility index (Phi) is 4.28. The lowest BCUT2D eigenvalue weighted by molar-refractivity contribution is 0.0915. The van der Waals surface area contributed by atoms with Gasteiger partial charge in [-0.25, -0.2) is 4.98 Å². The molecule has 1 aromatic heterocycles. The number of carbonyl (C=O) groups is 1. The zero-order valence-corrected chi connectivity index (χ0v) is 9.49. The first-order valence-electron chi connectivity index (χ1n) is 5.24. The summed E-state index contributed by atoms with van der Waals surface area (Å²) >= 11 is 0. The molecule has 0 aliphatic rings. The van der Waals surface area contributed by atoms with Crippen molar-refractivity contribution >= 4 is 5.78 Å². The highest BCUT2D eigenvalue weighted by atomic mass is 16.5. The van der Waals surface area contributed by atoms with E-state index >= 15 is 0 Å². The van der Waals surface area contributed by atoms with Crippen molar-refractivity contribution in [1.29, 1.82) is 0 Å². The molecule has 0 N–H and O–H groups in total. The van der Waals surface area contributed by atoms with Crippen LogP contribution in [0, 0.1) is 5.92 Å². The second-order valence-electron chi connectivity index (χ2n) is 3.61. The van der Waals surface area contributed by atoms with Crippen molar-refractivity contribution in [3.05, 3.63) is 24.0 Å². The number of carbonyl (C=O) groups excluding carboxylic acids is 1. The number of hydrogen-bond donors (Lipinski definition) is 0. The van der Waals surface area contributed by atoms with Crippen molar-refractivity contribution in [2.75, 3.05) is 7.11 Å². The van der Waals surface area contributed by atoms with Gasteiger partial charge in [0.25, 0.3) is 0 Å². The minimum absolute atomic E-state index is 0.0128. The molecule has 1 unspecified atom stereocenters. The van der Waals surface area contributed by atoms with Gasteiger partial charge in [0.2, 0.25) is 0 Å². The number of ketones is 1. The summed E-state index contributed by atoms with van der Waals surface area (Å²) in [5.41, 5.74) is 0.445. The molecule has 0 radical (unpaired) electrons. The lowest BCUT2D eigenvalue weighted by Gasteiger charge is -2.10. The Bertz CT molecular complexity index is 336. The first-order chi connectivity index (χ1) is 7.20. The monoisotopic (exact) mass is 207 g/mol. The molecule has 1 aromatic rings. The number of aromatic nitrogens is 1. The smallest absolute Gasteiger partial charge is 0.187 e. The zero-order chi connectivity index (χ0) is 11.3. The van der Waals surface area contributed by atoms with Gasteiger partial charge in [-0.15, -0.1) is 0 Å². The molecule has 0 bridgehead atoms. The van der Waals surface area contributed by atoms with Crippen LogP contribution >= 0.6 is 0 Å². The topological polar surface area (TPSA) is 39.2 Å². The summed E-state index contributed by atoms with van der Waals surface area (Å²) in [5, 5.41) is 0. The summed E-state index contributed by atoms with van der Waals surface area (Å²) < 4.78 is 5.11. The van der Waals surface area contributed by atoms with Gasteiger partial charge >= 0.3 is 0 Å². The SMILES string of the molecule is CCCC(C)C(=O)c1ncccc1OC. The highest BCUT2D eigenvalue weighted by Crippen LogP contribution is 2.20. The van der Waals surface area contributed by atoms with Crippen LogP contribution in [-0.2, 0) is 0 Å². The average Bonchev–Trinajstić information content (AvgIpc) is 2.28. The van der Waals surface area contributed by atoms with Crippen LogP contribution < -0.4 is 4.74 Å². The summed E-state index contributed by atoms with van der Waals surface area (Å²) in [6, 6.07) is 3.53. The van der Waals surface area contributed by atoms with E-state index in [2.05, 4.69) is 11.9 Å². The minimum Gasteiger partial charge on any atom is -0.494 e. The quantitative estimate of drug-likeness (QED) is 0.697. The molecule has 0 aliphatic carbocycles. The second kappa shape index (κ2) is 5.49. The molecule has 1 rings (SSSR count). The van der Waals surface area contributed by atoms with Gasteiger partial charge in [0.05, 0.1) is 7.11 Å². The highest BCUT2D eigenvalue weighted by Gasteiger charge is 2.19. The third-order valence-electron chi connectivity index (χ3n) is 2.39. The van der Waals surface area contributed by atoms with Gasteiger partial charge in [-0.3, -0.25) is 4.79 Å². The first kappa shape index (κ1) is 11.7. The Morgan fingerprint density at radius 3 is 2.93 bits per heavy atom. The lowest BCUT2D eigenvalue weighted by Crippen LogP contribution is -2.13. The number of rotatable bonds is 5. The molecule has 0 spiro atoms. The van der Waals surface area contributed by atoms with Gasteiger partial charge in [-0.05, 0) is 18.6 Å². The zero-order valence-electron chi connectivity index (χ0n) is 9.49. The predicted molar refractivity (Wildman–Crippen MR) is 59.2 cm³/mol. The van der Waals surface area contributed by atoms with Crippen LogP contribution in [0.2, 0.25) is 0 Å². The Balaban J connectivity index is 2.90. The van der Waals surface area contributed by atoms with Gasteiger partial charge in [0.1, 0.15) is 11.4 Å². The molecule has 0 amide bonds. The van der Waals surface area contributed by atoms with Crippen LogP contribution in [0.15, 0.2) is 18.3 Å². The van der Waals surface area contributed by atoms with Crippen LogP contribution in [0.1, 0.15) is 37.2 Å². The van der Waals surface area contributed by atoms with Crippen molar-refractivity contribution in [3.63, 3.8) is 0 Å². The molecule has 1 atom stereocenters. The Morgan fingerprint density at radius 2 is 2.33 bits per heavy atom. The standard InChI is InChI=1S/C12H17NO2/c1-4-6-9(2)12(14)11-10(15-3)7-5-8-13-11/h5,7-9H,4,6H2,1-3H3. The van der Waals surface area contributed by atoms with E-state index in [1.54, 1.807) is 25.4 Å². The van der Waals surface area contributed by atoms with Crippen LogP contribution in [0.4, 0.5) is 0 Å². The Morgan fingerprint density at radius 1 is 1.60 bits per heavy atom. The lowest BCUT2D eigenvalue weighted by atomic mass is 9.98. The molecular weight excluding hydrogens is 190 g/mol. The molecule has 3 heteroatoms. The van der Waals surface area contributed by atoms with Gasteiger partial charge < -0.3 is 4.74 Å². The molecule has 0 saturated heterocycles. The van der Waals surface area contributed by atoms with Crippen LogP contribution in [-0.4, -0.2) is 17.9 Å². The molecule has 1 heterocycles. The first-order valence-corrected chi connectivity index (χ1v) is 5.24. The fourth-order valence-electron chi connectivity index (χ4n) is 1.54. The van der Waals surface area contributed by atoms with E-state index in [1.807, 2.05) is 6.92 Å². The van der Waals surface area contributed by atoms with Crippen LogP contribution in [0.25, 0.3) is 0 Å². The molecule has 82 valence electrons. The number of pyridine rings is 1. The van der Waals surface area contributed by atoms with Gasteiger partial charge in [0.15, 0.2) is 5.78 Å². The van der Waals surface area contributed by atoms with Crippen molar-refractivity contribution in [2.45, 2.75) is 26.7 Å². The molecule has 0 fully saturated rings. The normalized spacial score (nSPS) is 12.2. The van der Waals surface area contributed by atoms with Crippen molar-refractivity contribution in [3.8, 4) is 5.75 Å². The summed E-state index contributed by atoms with van der Waals surface area (Å²) in [6.45, 7) is 4.00. The molecule has 15 heavy (non-hydrogen) atoms.